The Labute approximate surface area is 192 Å². The summed E-state index contributed by atoms with van der Waals surface area (Å²) in [6, 6.07) is 14.2. The van der Waals surface area contributed by atoms with Crippen molar-refractivity contribution in [1.29, 1.82) is 0 Å². The van der Waals surface area contributed by atoms with Crippen molar-refractivity contribution in [3.63, 3.8) is 0 Å². The maximum Gasteiger partial charge on any atom is 0.326 e. The zero-order chi connectivity index (χ0) is 22.8. The minimum atomic E-state index is -0.572. The Bertz CT molecular complexity index is 1400. The van der Waals surface area contributed by atoms with Gasteiger partial charge < -0.3 is 16.0 Å². The molecule has 4 aromatic rings. The molecule has 4 N–H and O–H groups in total. The van der Waals surface area contributed by atoms with Crippen molar-refractivity contribution in [2.75, 3.05) is 10.6 Å². The van der Waals surface area contributed by atoms with Gasteiger partial charge in [0, 0.05) is 28.5 Å². The molecule has 0 saturated carbocycles. The van der Waals surface area contributed by atoms with Gasteiger partial charge in [-0.15, -0.1) is 0 Å². The van der Waals surface area contributed by atoms with Gasteiger partial charge in [-0.25, -0.2) is 9.78 Å². The molecule has 0 unspecified atom stereocenters. The van der Waals surface area contributed by atoms with Gasteiger partial charge in [-0.2, -0.15) is 9.61 Å². The molecule has 3 aromatic heterocycles. The molecule has 33 heavy (non-hydrogen) atoms. The Hall–Kier alpha value is -4.44. The summed E-state index contributed by atoms with van der Waals surface area (Å²) < 4.78 is 1.62. The second-order valence-corrected chi connectivity index (χ2v) is 7.57. The number of nitrogens with one attached hydrogen (secondary N) is 4. The standard InChI is InChI=1S/C22H17ClN8O2/c23-14-4-3-6-15(9-14)27-18-10-19(25-12-16-5-1-2-7-24-16)31-20(29-18)13(11-26-31)8-17-21(32)30-22(33)28-17/h1-11,25H,12H2,(H,27,29)(H2,28,30,32,33). The predicted octanol–water partition coefficient (Wildman–Crippen LogP) is 3.31. The highest BCUT2D eigenvalue weighted by molar-refractivity contribution is 6.30. The zero-order valence-electron chi connectivity index (χ0n) is 17.0. The number of amides is 3. The van der Waals surface area contributed by atoms with Crippen molar-refractivity contribution in [2.45, 2.75) is 6.54 Å². The molecule has 1 aromatic carbocycles. The minimum absolute atomic E-state index is 0.118. The van der Waals surface area contributed by atoms with Crippen LogP contribution in [0.3, 0.4) is 0 Å². The summed E-state index contributed by atoms with van der Waals surface area (Å²) in [6.07, 6.45) is 4.83. The van der Waals surface area contributed by atoms with E-state index in [0.29, 0.717) is 34.4 Å². The van der Waals surface area contributed by atoms with Gasteiger partial charge in [0.25, 0.3) is 5.91 Å². The van der Waals surface area contributed by atoms with Gasteiger partial charge in [-0.3, -0.25) is 15.1 Å². The van der Waals surface area contributed by atoms with Crippen LogP contribution in [0.15, 0.2) is 66.6 Å². The molecule has 0 aliphatic carbocycles. The first-order chi connectivity index (χ1) is 16.0. The van der Waals surface area contributed by atoms with E-state index in [1.165, 1.54) is 6.08 Å². The monoisotopic (exact) mass is 460 g/mol. The number of imide groups is 1. The van der Waals surface area contributed by atoms with Gasteiger partial charge in [-0.05, 0) is 36.4 Å². The normalized spacial score (nSPS) is 14.4. The topological polar surface area (TPSA) is 125 Å². The summed E-state index contributed by atoms with van der Waals surface area (Å²) in [6.45, 7) is 0.464. The van der Waals surface area contributed by atoms with Crippen LogP contribution in [0.4, 0.5) is 22.1 Å². The van der Waals surface area contributed by atoms with Gasteiger partial charge in [-0.1, -0.05) is 23.7 Å². The number of fused-ring (bicyclic) bond motifs is 1. The summed E-state index contributed by atoms with van der Waals surface area (Å²) in [5, 5.41) is 16.2. The highest BCUT2D eigenvalue weighted by Gasteiger charge is 2.23. The average molecular weight is 461 g/mol. The number of carbonyl (C=O) groups is 2. The van der Waals surface area contributed by atoms with Crippen LogP contribution < -0.4 is 21.3 Å². The van der Waals surface area contributed by atoms with E-state index in [-0.39, 0.29) is 5.70 Å². The molecule has 1 aliphatic rings. The first kappa shape index (κ1) is 20.5. The number of aromatic nitrogens is 4. The Morgan fingerprint density at radius 1 is 1.09 bits per heavy atom. The lowest BCUT2D eigenvalue weighted by molar-refractivity contribution is -0.115. The summed E-state index contributed by atoms with van der Waals surface area (Å²) >= 11 is 6.11. The van der Waals surface area contributed by atoms with E-state index >= 15 is 0 Å². The van der Waals surface area contributed by atoms with E-state index in [9.17, 15) is 9.59 Å². The number of hydrogen-bond acceptors (Lipinski definition) is 7. The van der Waals surface area contributed by atoms with Gasteiger partial charge in [0.2, 0.25) is 0 Å². The molecule has 1 aliphatic heterocycles. The molecule has 10 nitrogen and oxygen atoms in total. The molecule has 0 bridgehead atoms. The number of benzene rings is 1. The molecule has 5 rings (SSSR count). The van der Waals surface area contributed by atoms with E-state index in [0.717, 1.165) is 11.4 Å². The van der Waals surface area contributed by atoms with E-state index in [1.807, 2.05) is 36.4 Å². The fourth-order valence-electron chi connectivity index (χ4n) is 3.31. The average Bonchev–Trinajstić information content (AvgIpc) is 3.35. The van der Waals surface area contributed by atoms with Crippen LogP contribution in [0.5, 0.6) is 0 Å². The van der Waals surface area contributed by atoms with Crippen LogP contribution in [0.25, 0.3) is 11.7 Å². The van der Waals surface area contributed by atoms with E-state index in [1.54, 1.807) is 29.0 Å². The zero-order valence-corrected chi connectivity index (χ0v) is 17.8. The lowest BCUT2D eigenvalue weighted by atomic mass is 10.2. The number of urea groups is 1. The molecular weight excluding hydrogens is 444 g/mol. The van der Waals surface area contributed by atoms with Gasteiger partial charge in [0.15, 0.2) is 5.65 Å². The number of rotatable bonds is 6. The lowest BCUT2D eigenvalue weighted by Crippen LogP contribution is -2.22. The van der Waals surface area contributed by atoms with Crippen molar-refractivity contribution in [2.24, 2.45) is 0 Å². The molecule has 0 atom stereocenters. The van der Waals surface area contributed by atoms with Gasteiger partial charge >= 0.3 is 6.03 Å². The Balaban J connectivity index is 1.55. The molecular formula is C22H17ClN8O2. The second-order valence-electron chi connectivity index (χ2n) is 7.14. The van der Waals surface area contributed by atoms with Crippen molar-refractivity contribution in [3.8, 4) is 0 Å². The second kappa shape index (κ2) is 8.60. The van der Waals surface area contributed by atoms with Crippen LogP contribution >= 0.6 is 11.6 Å². The molecule has 11 heteroatoms. The van der Waals surface area contributed by atoms with Crippen LogP contribution in [-0.4, -0.2) is 31.5 Å². The third kappa shape index (κ3) is 4.46. The predicted molar refractivity (Wildman–Crippen MR) is 124 cm³/mol. The molecule has 4 heterocycles. The maximum atomic E-state index is 12.0. The first-order valence-corrected chi connectivity index (χ1v) is 10.3. The number of nitrogens with zero attached hydrogens (tertiary/aromatic N) is 4. The van der Waals surface area contributed by atoms with Crippen LogP contribution in [0.1, 0.15) is 11.3 Å². The van der Waals surface area contributed by atoms with Crippen molar-refractivity contribution >= 4 is 52.6 Å². The van der Waals surface area contributed by atoms with Gasteiger partial charge in [0.05, 0.1) is 18.4 Å². The van der Waals surface area contributed by atoms with Crippen LogP contribution in [0.2, 0.25) is 5.02 Å². The quantitative estimate of drug-likeness (QED) is 0.257. The fourth-order valence-corrected chi connectivity index (χ4v) is 3.50. The summed E-state index contributed by atoms with van der Waals surface area (Å²) in [5.74, 6) is 0.675. The third-order valence-electron chi connectivity index (χ3n) is 4.79. The molecule has 1 saturated heterocycles. The van der Waals surface area contributed by atoms with Crippen molar-refractivity contribution in [1.82, 2.24) is 30.2 Å². The van der Waals surface area contributed by atoms with E-state index < -0.39 is 11.9 Å². The molecule has 0 radical (unpaired) electrons. The maximum absolute atomic E-state index is 12.0. The largest absolute Gasteiger partial charge is 0.364 e. The first-order valence-electron chi connectivity index (χ1n) is 9.94. The van der Waals surface area contributed by atoms with Crippen LogP contribution in [0, 0.1) is 0 Å². The van der Waals surface area contributed by atoms with Crippen molar-refractivity contribution in [3.05, 3.63) is 82.9 Å². The van der Waals surface area contributed by atoms with Gasteiger partial charge in [0.1, 0.15) is 17.3 Å². The summed E-state index contributed by atoms with van der Waals surface area (Å²) in [7, 11) is 0. The third-order valence-corrected chi connectivity index (χ3v) is 5.03. The number of pyridine rings is 1. The number of carbonyl (C=O) groups excluding carboxylic acids is 2. The summed E-state index contributed by atoms with van der Waals surface area (Å²) in [5.41, 5.74) is 2.77. The van der Waals surface area contributed by atoms with E-state index in [2.05, 4.69) is 36.3 Å². The molecule has 1 fully saturated rings. The van der Waals surface area contributed by atoms with Crippen LogP contribution in [-0.2, 0) is 11.3 Å². The number of anilines is 3. The minimum Gasteiger partial charge on any atom is -0.364 e. The van der Waals surface area contributed by atoms with Crippen molar-refractivity contribution < 1.29 is 9.59 Å². The number of hydrogen-bond donors (Lipinski definition) is 4. The lowest BCUT2D eigenvalue weighted by Gasteiger charge is -2.12. The Morgan fingerprint density at radius 3 is 2.76 bits per heavy atom. The highest BCUT2D eigenvalue weighted by atomic mass is 35.5. The fraction of sp³-hybridized carbons (Fsp3) is 0.0455. The molecule has 3 amide bonds. The highest BCUT2D eigenvalue weighted by Crippen LogP contribution is 2.25. The molecule has 0 spiro atoms. The SMILES string of the molecule is O=C1NC(=O)C(=Cc2cnn3c(NCc4ccccn4)cc(Nc4cccc(Cl)c4)nc23)N1. The molecule has 164 valence electrons. The summed E-state index contributed by atoms with van der Waals surface area (Å²) in [4.78, 5) is 32.4. The smallest absolute Gasteiger partial charge is 0.326 e. The Kier molecular flexibility index (Phi) is 5.33. The Morgan fingerprint density at radius 2 is 2.00 bits per heavy atom. The van der Waals surface area contributed by atoms with E-state index in [4.69, 9.17) is 11.6 Å². The number of halogens is 1.